The van der Waals surface area contributed by atoms with Crippen molar-refractivity contribution in [1.29, 1.82) is 0 Å². The molecular formula is C20H24FNO3S. The van der Waals surface area contributed by atoms with Crippen molar-refractivity contribution in [2.45, 2.75) is 13.3 Å². The quantitative estimate of drug-likeness (QED) is 0.607. The minimum absolute atomic E-state index is 0.00169. The van der Waals surface area contributed by atoms with Crippen molar-refractivity contribution >= 4 is 17.7 Å². The Labute approximate surface area is 158 Å². The maximum atomic E-state index is 12.8. The van der Waals surface area contributed by atoms with E-state index >= 15 is 0 Å². The second kappa shape index (κ2) is 11.4. The minimum Gasteiger partial charge on any atom is -0.494 e. The standard InChI is InChI=1S/C20H24FNO3S/c1-2-24-18-7-9-19(10-8-18)25-13-14-26-15-20(23)22-12-11-16-3-5-17(21)6-4-16/h3-10H,2,11-15H2,1H3,(H,22,23). The van der Waals surface area contributed by atoms with Gasteiger partial charge in [0.2, 0.25) is 5.91 Å². The summed E-state index contributed by atoms with van der Waals surface area (Å²) in [6.07, 6.45) is 0.692. The highest BCUT2D eigenvalue weighted by Crippen LogP contribution is 2.17. The molecule has 0 unspecified atom stereocenters. The molecule has 0 heterocycles. The molecule has 6 heteroatoms. The van der Waals surface area contributed by atoms with E-state index in [1.807, 2.05) is 31.2 Å². The van der Waals surface area contributed by atoms with E-state index in [1.54, 1.807) is 12.1 Å². The van der Waals surface area contributed by atoms with Crippen molar-refractivity contribution in [3.8, 4) is 11.5 Å². The number of carbonyl (C=O) groups excluding carboxylic acids is 1. The van der Waals surface area contributed by atoms with Crippen molar-refractivity contribution in [2.75, 3.05) is 31.3 Å². The van der Waals surface area contributed by atoms with Crippen LogP contribution >= 0.6 is 11.8 Å². The highest BCUT2D eigenvalue weighted by atomic mass is 32.2. The predicted octanol–water partition coefficient (Wildman–Crippen LogP) is 3.70. The van der Waals surface area contributed by atoms with Crippen molar-refractivity contribution in [3.05, 3.63) is 59.9 Å². The van der Waals surface area contributed by atoms with E-state index < -0.39 is 0 Å². The van der Waals surface area contributed by atoms with Crippen molar-refractivity contribution in [1.82, 2.24) is 5.32 Å². The Morgan fingerprint density at radius 1 is 1.04 bits per heavy atom. The van der Waals surface area contributed by atoms with Crippen LogP contribution in [-0.4, -0.2) is 37.2 Å². The SMILES string of the molecule is CCOc1ccc(OCCSCC(=O)NCCc2ccc(F)cc2)cc1. The molecule has 2 aromatic rings. The van der Waals surface area contributed by atoms with E-state index in [4.69, 9.17) is 9.47 Å². The normalized spacial score (nSPS) is 10.4. The zero-order chi connectivity index (χ0) is 18.6. The van der Waals surface area contributed by atoms with Gasteiger partial charge in [-0.25, -0.2) is 4.39 Å². The summed E-state index contributed by atoms with van der Waals surface area (Å²) in [5.41, 5.74) is 1.00. The second-order valence-electron chi connectivity index (χ2n) is 5.53. The third-order valence-electron chi connectivity index (χ3n) is 3.51. The summed E-state index contributed by atoms with van der Waals surface area (Å²) in [5, 5.41) is 2.86. The summed E-state index contributed by atoms with van der Waals surface area (Å²) >= 11 is 1.53. The smallest absolute Gasteiger partial charge is 0.230 e. The summed E-state index contributed by atoms with van der Waals surface area (Å²) in [6.45, 7) is 3.68. The molecule has 0 aliphatic heterocycles. The zero-order valence-corrected chi connectivity index (χ0v) is 15.7. The molecule has 4 nitrogen and oxygen atoms in total. The van der Waals surface area contributed by atoms with Gasteiger partial charge in [0.1, 0.15) is 17.3 Å². The van der Waals surface area contributed by atoms with Crippen LogP contribution in [0.3, 0.4) is 0 Å². The van der Waals surface area contributed by atoms with Crippen LogP contribution in [0.4, 0.5) is 4.39 Å². The first kappa shape index (κ1) is 20.1. The molecule has 0 aromatic heterocycles. The number of hydrogen-bond acceptors (Lipinski definition) is 4. The summed E-state index contributed by atoms with van der Waals surface area (Å²) in [6, 6.07) is 13.8. The van der Waals surface area contributed by atoms with E-state index in [-0.39, 0.29) is 11.7 Å². The molecule has 0 radical (unpaired) electrons. The second-order valence-corrected chi connectivity index (χ2v) is 6.64. The largest absolute Gasteiger partial charge is 0.494 e. The fraction of sp³-hybridized carbons (Fsp3) is 0.350. The first-order valence-electron chi connectivity index (χ1n) is 8.62. The highest BCUT2D eigenvalue weighted by molar-refractivity contribution is 7.99. The number of hydrogen-bond donors (Lipinski definition) is 1. The van der Waals surface area contributed by atoms with Gasteiger partial charge in [-0.1, -0.05) is 12.1 Å². The van der Waals surface area contributed by atoms with Gasteiger partial charge < -0.3 is 14.8 Å². The van der Waals surface area contributed by atoms with Gasteiger partial charge in [-0.15, -0.1) is 11.8 Å². The molecule has 0 spiro atoms. The lowest BCUT2D eigenvalue weighted by molar-refractivity contribution is -0.118. The molecule has 26 heavy (non-hydrogen) atoms. The number of benzene rings is 2. The molecule has 0 saturated carbocycles. The Hall–Kier alpha value is -2.21. The first-order valence-corrected chi connectivity index (χ1v) is 9.77. The molecule has 0 bridgehead atoms. The molecule has 2 rings (SSSR count). The molecule has 0 saturated heterocycles. The van der Waals surface area contributed by atoms with E-state index in [9.17, 15) is 9.18 Å². The van der Waals surface area contributed by atoms with Gasteiger partial charge in [0.15, 0.2) is 0 Å². The maximum absolute atomic E-state index is 12.8. The van der Waals surface area contributed by atoms with Gasteiger partial charge in [0.05, 0.1) is 19.0 Å². The average Bonchev–Trinajstić information content (AvgIpc) is 2.65. The number of nitrogens with one attached hydrogen (secondary N) is 1. The lowest BCUT2D eigenvalue weighted by atomic mass is 10.1. The highest BCUT2D eigenvalue weighted by Gasteiger charge is 2.02. The maximum Gasteiger partial charge on any atom is 0.230 e. The summed E-state index contributed by atoms with van der Waals surface area (Å²) in [4.78, 5) is 11.8. The molecule has 0 aliphatic rings. The first-order chi connectivity index (χ1) is 12.7. The minimum atomic E-state index is -0.248. The van der Waals surface area contributed by atoms with Gasteiger partial charge >= 0.3 is 0 Å². The summed E-state index contributed by atoms with van der Waals surface area (Å²) < 4.78 is 23.8. The average molecular weight is 377 g/mol. The Balaban J connectivity index is 1.52. The zero-order valence-electron chi connectivity index (χ0n) is 14.9. The Morgan fingerprint density at radius 2 is 1.69 bits per heavy atom. The third-order valence-corrected chi connectivity index (χ3v) is 4.44. The van der Waals surface area contributed by atoms with Crippen LogP contribution < -0.4 is 14.8 Å². The third kappa shape index (κ3) is 7.78. The molecule has 0 fully saturated rings. The van der Waals surface area contributed by atoms with E-state index in [0.29, 0.717) is 31.9 Å². The van der Waals surface area contributed by atoms with Gasteiger partial charge in [0, 0.05) is 12.3 Å². The Bertz CT molecular complexity index is 662. The van der Waals surface area contributed by atoms with E-state index in [2.05, 4.69) is 5.32 Å². The lowest BCUT2D eigenvalue weighted by Gasteiger charge is -2.08. The summed E-state index contributed by atoms with van der Waals surface area (Å²) in [5.74, 6) is 2.50. The van der Waals surface area contributed by atoms with Crippen molar-refractivity contribution in [3.63, 3.8) is 0 Å². The van der Waals surface area contributed by atoms with Crippen LogP contribution in [0.25, 0.3) is 0 Å². The Kier molecular flexibility index (Phi) is 8.83. The number of rotatable bonds is 11. The monoisotopic (exact) mass is 377 g/mol. The number of carbonyl (C=O) groups is 1. The number of halogens is 1. The van der Waals surface area contributed by atoms with Gasteiger partial charge in [-0.2, -0.15) is 0 Å². The van der Waals surface area contributed by atoms with Crippen molar-refractivity contribution < 1.29 is 18.7 Å². The number of ether oxygens (including phenoxy) is 2. The van der Waals surface area contributed by atoms with Crippen LogP contribution in [-0.2, 0) is 11.2 Å². The van der Waals surface area contributed by atoms with Crippen molar-refractivity contribution in [2.24, 2.45) is 0 Å². The fourth-order valence-corrected chi connectivity index (χ4v) is 2.86. The molecule has 140 valence electrons. The number of thioether (sulfide) groups is 1. The van der Waals surface area contributed by atoms with Crippen LogP contribution in [0.5, 0.6) is 11.5 Å². The van der Waals surface area contributed by atoms with Gasteiger partial charge in [0.25, 0.3) is 0 Å². The molecule has 1 amide bonds. The van der Waals surface area contributed by atoms with Gasteiger partial charge in [-0.3, -0.25) is 4.79 Å². The van der Waals surface area contributed by atoms with Crippen LogP contribution in [0, 0.1) is 5.82 Å². The van der Waals surface area contributed by atoms with E-state index in [0.717, 1.165) is 22.8 Å². The number of amides is 1. The van der Waals surface area contributed by atoms with Gasteiger partial charge in [-0.05, 0) is 55.3 Å². The molecule has 0 atom stereocenters. The van der Waals surface area contributed by atoms with Crippen LogP contribution in [0.2, 0.25) is 0 Å². The molecule has 2 aromatic carbocycles. The predicted molar refractivity (Wildman–Crippen MR) is 104 cm³/mol. The van der Waals surface area contributed by atoms with Crippen LogP contribution in [0.15, 0.2) is 48.5 Å². The van der Waals surface area contributed by atoms with E-state index in [1.165, 1.54) is 23.9 Å². The Morgan fingerprint density at radius 3 is 2.35 bits per heavy atom. The molecule has 1 N–H and O–H groups in total. The van der Waals surface area contributed by atoms with Crippen LogP contribution in [0.1, 0.15) is 12.5 Å². The summed E-state index contributed by atoms with van der Waals surface area (Å²) in [7, 11) is 0. The topological polar surface area (TPSA) is 47.6 Å². The fourth-order valence-electron chi connectivity index (χ4n) is 2.23. The molecular weight excluding hydrogens is 353 g/mol. The molecule has 0 aliphatic carbocycles. The lowest BCUT2D eigenvalue weighted by Crippen LogP contribution is -2.27.